The lowest BCUT2D eigenvalue weighted by Gasteiger charge is -1.97. The average Bonchev–Trinajstić information content (AvgIpc) is 2.67. The predicted octanol–water partition coefficient (Wildman–Crippen LogP) is 2.54. The number of aryl methyl sites for hydroxylation is 1. The standard InChI is InChI=1S/C10H10BrN3/c1-6-2-3-8-9(6)13-10-12-4-7(11)5-14(8)10/h4-6H,2-3H2,1H3. The number of halogens is 1. The third-order valence-corrected chi connectivity index (χ3v) is 3.27. The fraction of sp³-hybridized carbons (Fsp3) is 0.400. The summed E-state index contributed by atoms with van der Waals surface area (Å²) in [4.78, 5) is 8.83. The second-order valence-electron chi connectivity index (χ2n) is 3.83. The first-order valence-corrected chi connectivity index (χ1v) is 5.57. The summed E-state index contributed by atoms with van der Waals surface area (Å²) in [5.74, 6) is 1.41. The Labute approximate surface area is 90.3 Å². The maximum absolute atomic E-state index is 4.55. The highest BCUT2D eigenvalue weighted by Gasteiger charge is 2.24. The number of hydrogen-bond acceptors (Lipinski definition) is 2. The Balaban J connectivity index is 2.36. The summed E-state index contributed by atoms with van der Waals surface area (Å²) in [6.07, 6.45) is 6.18. The maximum Gasteiger partial charge on any atom is 0.234 e. The van der Waals surface area contributed by atoms with Crippen molar-refractivity contribution < 1.29 is 0 Å². The number of rotatable bonds is 0. The molecule has 0 aliphatic heterocycles. The van der Waals surface area contributed by atoms with E-state index in [4.69, 9.17) is 0 Å². The van der Waals surface area contributed by atoms with Gasteiger partial charge < -0.3 is 0 Å². The molecule has 1 aliphatic carbocycles. The van der Waals surface area contributed by atoms with E-state index in [1.54, 1.807) is 6.20 Å². The van der Waals surface area contributed by atoms with Gasteiger partial charge in [0.15, 0.2) is 0 Å². The summed E-state index contributed by atoms with van der Waals surface area (Å²) in [6, 6.07) is 0. The van der Waals surface area contributed by atoms with E-state index in [9.17, 15) is 0 Å². The Kier molecular flexibility index (Phi) is 1.68. The van der Waals surface area contributed by atoms with Gasteiger partial charge >= 0.3 is 0 Å². The van der Waals surface area contributed by atoms with Crippen LogP contribution >= 0.6 is 15.9 Å². The minimum Gasteiger partial charge on any atom is -0.287 e. The van der Waals surface area contributed by atoms with Gasteiger partial charge in [0.05, 0.1) is 10.2 Å². The molecule has 3 nitrogen and oxygen atoms in total. The van der Waals surface area contributed by atoms with Crippen molar-refractivity contribution in [2.75, 3.05) is 0 Å². The number of imidazole rings is 1. The van der Waals surface area contributed by atoms with Crippen molar-refractivity contribution in [3.05, 3.63) is 28.3 Å². The number of hydrogen-bond donors (Lipinski definition) is 0. The van der Waals surface area contributed by atoms with Crippen molar-refractivity contribution in [3.63, 3.8) is 0 Å². The molecule has 0 bridgehead atoms. The molecule has 0 N–H and O–H groups in total. The Hall–Kier alpha value is -0.900. The molecule has 72 valence electrons. The van der Waals surface area contributed by atoms with Crippen LogP contribution in [0.1, 0.15) is 30.7 Å². The van der Waals surface area contributed by atoms with E-state index < -0.39 is 0 Å². The molecule has 2 aromatic rings. The highest BCUT2D eigenvalue weighted by atomic mass is 79.9. The number of fused-ring (bicyclic) bond motifs is 3. The highest BCUT2D eigenvalue weighted by molar-refractivity contribution is 9.10. The Morgan fingerprint density at radius 2 is 2.43 bits per heavy atom. The monoisotopic (exact) mass is 251 g/mol. The van der Waals surface area contributed by atoms with Gasteiger partial charge in [0.25, 0.3) is 0 Å². The second kappa shape index (κ2) is 2.79. The van der Waals surface area contributed by atoms with Crippen LogP contribution in [0.3, 0.4) is 0 Å². The number of aromatic nitrogens is 3. The molecule has 0 amide bonds. The maximum atomic E-state index is 4.55. The smallest absolute Gasteiger partial charge is 0.234 e. The zero-order chi connectivity index (χ0) is 9.71. The lowest BCUT2D eigenvalue weighted by atomic mass is 10.1. The molecular formula is C10H10BrN3. The van der Waals surface area contributed by atoms with Crippen molar-refractivity contribution in [1.29, 1.82) is 0 Å². The van der Waals surface area contributed by atoms with E-state index in [0.717, 1.165) is 16.7 Å². The van der Waals surface area contributed by atoms with Crippen molar-refractivity contribution in [2.45, 2.75) is 25.7 Å². The summed E-state index contributed by atoms with van der Waals surface area (Å²) in [5.41, 5.74) is 2.57. The van der Waals surface area contributed by atoms with Gasteiger partial charge in [-0.05, 0) is 28.8 Å². The zero-order valence-electron chi connectivity index (χ0n) is 7.87. The molecule has 3 rings (SSSR count). The Morgan fingerprint density at radius 1 is 1.57 bits per heavy atom. The van der Waals surface area contributed by atoms with Gasteiger partial charge in [-0.25, -0.2) is 9.97 Å². The van der Waals surface area contributed by atoms with Crippen molar-refractivity contribution in [2.24, 2.45) is 0 Å². The molecule has 0 aromatic carbocycles. The first-order valence-electron chi connectivity index (χ1n) is 4.78. The molecule has 0 fully saturated rings. The second-order valence-corrected chi connectivity index (χ2v) is 4.74. The summed E-state index contributed by atoms with van der Waals surface area (Å²) in [6.45, 7) is 2.23. The first kappa shape index (κ1) is 8.41. The minimum atomic E-state index is 0.588. The van der Waals surface area contributed by atoms with E-state index >= 15 is 0 Å². The summed E-state index contributed by atoms with van der Waals surface area (Å²) < 4.78 is 3.10. The molecule has 0 radical (unpaired) electrons. The third-order valence-electron chi connectivity index (χ3n) is 2.86. The Morgan fingerprint density at radius 3 is 3.29 bits per heavy atom. The molecule has 1 unspecified atom stereocenters. The molecule has 0 saturated carbocycles. The van der Waals surface area contributed by atoms with Crippen LogP contribution in [0.5, 0.6) is 0 Å². The van der Waals surface area contributed by atoms with E-state index in [0.29, 0.717) is 5.92 Å². The van der Waals surface area contributed by atoms with Gasteiger partial charge in [-0.2, -0.15) is 0 Å². The predicted molar refractivity (Wildman–Crippen MR) is 57.4 cm³/mol. The van der Waals surface area contributed by atoms with Gasteiger partial charge in [0.2, 0.25) is 5.78 Å². The van der Waals surface area contributed by atoms with Gasteiger partial charge in [0.1, 0.15) is 0 Å². The summed E-state index contributed by atoms with van der Waals surface area (Å²) in [5, 5.41) is 0. The van der Waals surface area contributed by atoms with Crippen molar-refractivity contribution in [1.82, 2.24) is 14.4 Å². The van der Waals surface area contributed by atoms with Crippen molar-refractivity contribution in [3.8, 4) is 0 Å². The fourth-order valence-corrected chi connectivity index (χ4v) is 2.41. The van der Waals surface area contributed by atoms with Crippen LogP contribution in [0.4, 0.5) is 0 Å². The fourth-order valence-electron chi connectivity index (χ4n) is 2.11. The lowest BCUT2D eigenvalue weighted by Crippen LogP contribution is -1.92. The van der Waals surface area contributed by atoms with Gasteiger partial charge in [-0.3, -0.25) is 4.40 Å². The van der Waals surface area contributed by atoms with Gasteiger partial charge in [-0.15, -0.1) is 0 Å². The normalized spacial score (nSPS) is 20.3. The van der Waals surface area contributed by atoms with E-state index in [-0.39, 0.29) is 0 Å². The molecule has 4 heteroatoms. The molecular weight excluding hydrogens is 242 g/mol. The van der Waals surface area contributed by atoms with Crippen LogP contribution < -0.4 is 0 Å². The lowest BCUT2D eigenvalue weighted by molar-refractivity contribution is 0.724. The Bertz CT molecular complexity index is 503. The van der Waals surface area contributed by atoms with E-state index in [1.165, 1.54) is 17.8 Å². The van der Waals surface area contributed by atoms with Crippen LogP contribution in [0.15, 0.2) is 16.9 Å². The minimum absolute atomic E-state index is 0.588. The molecule has 1 atom stereocenters. The van der Waals surface area contributed by atoms with Crippen LogP contribution in [0, 0.1) is 0 Å². The van der Waals surface area contributed by atoms with Crippen LogP contribution in [0.2, 0.25) is 0 Å². The molecule has 2 heterocycles. The van der Waals surface area contributed by atoms with Crippen LogP contribution in [-0.2, 0) is 6.42 Å². The SMILES string of the molecule is CC1CCc2c1nc1ncc(Br)cn21. The summed E-state index contributed by atoms with van der Waals surface area (Å²) >= 11 is 3.43. The quantitative estimate of drug-likeness (QED) is 0.721. The van der Waals surface area contributed by atoms with Gasteiger partial charge in [0, 0.05) is 24.0 Å². The largest absolute Gasteiger partial charge is 0.287 e. The first-order chi connectivity index (χ1) is 6.75. The summed E-state index contributed by atoms with van der Waals surface area (Å²) in [7, 11) is 0. The third kappa shape index (κ3) is 1.03. The van der Waals surface area contributed by atoms with Crippen LogP contribution in [-0.4, -0.2) is 14.4 Å². The van der Waals surface area contributed by atoms with Gasteiger partial charge in [-0.1, -0.05) is 6.92 Å². The zero-order valence-corrected chi connectivity index (χ0v) is 9.45. The van der Waals surface area contributed by atoms with E-state index in [1.807, 2.05) is 6.20 Å². The highest BCUT2D eigenvalue weighted by Crippen LogP contribution is 2.32. The van der Waals surface area contributed by atoms with Crippen molar-refractivity contribution >= 4 is 21.7 Å². The van der Waals surface area contributed by atoms with E-state index in [2.05, 4.69) is 37.2 Å². The number of nitrogens with zero attached hydrogens (tertiary/aromatic N) is 3. The molecule has 2 aromatic heterocycles. The molecule has 0 spiro atoms. The average molecular weight is 252 g/mol. The molecule has 14 heavy (non-hydrogen) atoms. The molecule has 1 aliphatic rings. The molecule has 0 saturated heterocycles. The van der Waals surface area contributed by atoms with Crippen LogP contribution in [0.25, 0.3) is 5.78 Å². The topological polar surface area (TPSA) is 30.2 Å².